The molecule has 0 aromatic rings. The van der Waals surface area contributed by atoms with Crippen LogP contribution in [0.1, 0.15) is 19.8 Å². The molecule has 62 valence electrons. The summed E-state index contributed by atoms with van der Waals surface area (Å²) in [5, 5.41) is 0. The van der Waals surface area contributed by atoms with Crippen LogP contribution >= 0.6 is 8.25 Å². The standard InChI is InChI=1S/C8H15O.ClH.Hg/c1-4-6-7-8(3)9-5-2;;/h4,8H,1,3,5-7H2,2H3;1H;/q;;+1/p-1. The van der Waals surface area contributed by atoms with Gasteiger partial charge in [0, 0.05) is 0 Å². The summed E-state index contributed by atoms with van der Waals surface area (Å²) >= 11 is -0.999. The normalized spacial score (nSPS) is 12.2. The Labute approximate surface area is 85.0 Å². The molecule has 0 rings (SSSR count). The number of ether oxygens (including phenoxy) is 1. The molecule has 0 spiro atoms. The average molecular weight is 363 g/mol. The van der Waals surface area contributed by atoms with Gasteiger partial charge in [-0.3, -0.25) is 0 Å². The summed E-state index contributed by atoms with van der Waals surface area (Å²) < 4.78 is 6.68. The van der Waals surface area contributed by atoms with Crippen LogP contribution in [0.4, 0.5) is 0 Å². The number of hydrogen-bond acceptors (Lipinski definition) is 1. The predicted molar refractivity (Wildman–Crippen MR) is 45.5 cm³/mol. The van der Waals surface area contributed by atoms with Crippen molar-refractivity contribution in [1.82, 2.24) is 0 Å². The molecule has 0 aliphatic carbocycles. The molecule has 0 fully saturated rings. The Morgan fingerprint density at radius 1 is 1.73 bits per heavy atom. The molecule has 0 radical (unpaired) electrons. The van der Waals surface area contributed by atoms with Gasteiger partial charge < -0.3 is 0 Å². The van der Waals surface area contributed by atoms with Gasteiger partial charge in [0.2, 0.25) is 0 Å². The zero-order chi connectivity index (χ0) is 8.53. The van der Waals surface area contributed by atoms with Gasteiger partial charge in [-0.1, -0.05) is 0 Å². The fourth-order valence-corrected chi connectivity index (χ4v) is 5.82. The first-order chi connectivity index (χ1) is 5.35. The molecule has 0 amide bonds. The van der Waals surface area contributed by atoms with Gasteiger partial charge in [-0.2, -0.15) is 0 Å². The maximum absolute atomic E-state index is 5.83. The van der Waals surface area contributed by atoms with E-state index in [2.05, 4.69) is 6.58 Å². The molecule has 0 N–H and O–H groups in total. The molecular weight excluding hydrogens is 348 g/mol. The third kappa shape index (κ3) is 7.29. The van der Waals surface area contributed by atoms with Crippen LogP contribution in [-0.2, 0) is 28.1 Å². The van der Waals surface area contributed by atoms with Crippen LogP contribution < -0.4 is 0 Å². The molecule has 0 aromatic heterocycles. The summed E-state index contributed by atoms with van der Waals surface area (Å²) in [7, 11) is 5.83. The molecular formula is C8H15ClHgO. The molecule has 0 saturated carbocycles. The first kappa shape index (κ1) is 11.9. The van der Waals surface area contributed by atoms with Crippen LogP contribution in [0.25, 0.3) is 0 Å². The van der Waals surface area contributed by atoms with E-state index < -0.39 is 23.3 Å². The molecule has 11 heavy (non-hydrogen) atoms. The summed E-state index contributed by atoms with van der Waals surface area (Å²) in [6.45, 7) is 6.53. The summed E-state index contributed by atoms with van der Waals surface area (Å²) in [4.78, 5) is 0. The summed E-state index contributed by atoms with van der Waals surface area (Å²) in [5.74, 6) is 0. The quantitative estimate of drug-likeness (QED) is 0.499. The average Bonchev–Trinajstić information content (AvgIpc) is 2.01. The molecule has 0 bridgehead atoms. The van der Waals surface area contributed by atoms with E-state index in [9.17, 15) is 0 Å². The molecule has 0 aliphatic rings. The zero-order valence-corrected chi connectivity index (χ0v) is 13.4. The van der Waals surface area contributed by atoms with Crippen LogP contribution in [0, 0.1) is 0 Å². The molecule has 0 heterocycles. The summed E-state index contributed by atoms with van der Waals surface area (Å²) in [6, 6.07) is 0. The van der Waals surface area contributed by atoms with Crippen molar-refractivity contribution in [2.45, 2.75) is 29.8 Å². The fourth-order valence-electron chi connectivity index (χ4n) is 0.972. The van der Waals surface area contributed by atoms with Crippen molar-refractivity contribution in [3.05, 3.63) is 12.7 Å². The SMILES string of the molecule is C=CCCC([CH2][Hg][Cl])OCC. The predicted octanol–water partition coefficient (Wildman–Crippen LogP) is 3.01. The van der Waals surface area contributed by atoms with Crippen molar-refractivity contribution in [3.63, 3.8) is 0 Å². The molecule has 0 aromatic carbocycles. The summed E-state index contributed by atoms with van der Waals surface area (Å²) in [6.07, 6.45) is 4.52. The van der Waals surface area contributed by atoms with Crippen LogP contribution in [0.3, 0.4) is 0 Å². The number of rotatable bonds is 7. The van der Waals surface area contributed by atoms with Crippen molar-refractivity contribution < 1.29 is 28.1 Å². The molecule has 1 atom stereocenters. The van der Waals surface area contributed by atoms with E-state index in [0.29, 0.717) is 6.10 Å². The van der Waals surface area contributed by atoms with Crippen LogP contribution in [0.2, 0.25) is 3.93 Å². The van der Waals surface area contributed by atoms with E-state index in [-0.39, 0.29) is 0 Å². The molecule has 1 unspecified atom stereocenters. The molecule has 0 aliphatic heterocycles. The van der Waals surface area contributed by atoms with Gasteiger partial charge in [0.05, 0.1) is 0 Å². The van der Waals surface area contributed by atoms with E-state index in [4.69, 9.17) is 13.0 Å². The Kier molecular flexibility index (Phi) is 9.77. The van der Waals surface area contributed by atoms with Gasteiger partial charge in [-0.25, -0.2) is 0 Å². The van der Waals surface area contributed by atoms with Gasteiger partial charge in [-0.15, -0.1) is 0 Å². The van der Waals surface area contributed by atoms with E-state index in [0.717, 1.165) is 19.4 Å². The van der Waals surface area contributed by atoms with Crippen molar-refractivity contribution in [2.24, 2.45) is 0 Å². The van der Waals surface area contributed by atoms with E-state index in [1.165, 1.54) is 3.93 Å². The zero-order valence-electron chi connectivity index (χ0n) is 7.18. The van der Waals surface area contributed by atoms with Crippen LogP contribution in [0.5, 0.6) is 0 Å². The van der Waals surface area contributed by atoms with Crippen LogP contribution in [0.15, 0.2) is 12.7 Å². The molecule has 3 heteroatoms. The third-order valence-corrected chi connectivity index (χ3v) is 6.79. The third-order valence-electron chi connectivity index (χ3n) is 1.53. The fraction of sp³-hybridized carbons (Fsp3) is 0.750. The van der Waals surface area contributed by atoms with Gasteiger partial charge in [0.15, 0.2) is 0 Å². The van der Waals surface area contributed by atoms with Crippen LogP contribution in [-0.4, -0.2) is 12.7 Å². The van der Waals surface area contributed by atoms with Gasteiger partial charge in [-0.05, 0) is 0 Å². The van der Waals surface area contributed by atoms with E-state index in [1.54, 1.807) is 0 Å². The van der Waals surface area contributed by atoms with Gasteiger partial charge >= 0.3 is 85.4 Å². The maximum atomic E-state index is 5.83. The first-order valence-electron chi connectivity index (χ1n) is 4.13. The number of halogens is 1. The Bertz CT molecular complexity index is 92.1. The van der Waals surface area contributed by atoms with Crippen molar-refractivity contribution >= 4 is 8.25 Å². The minimum atomic E-state index is -0.999. The topological polar surface area (TPSA) is 9.23 Å². The monoisotopic (exact) mass is 364 g/mol. The second-order valence-corrected chi connectivity index (χ2v) is 9.45. The van der Waals surface area contributed by atoms with Crippen molar-refractivity contribution in [2.75, 3.05) is 6.61 Å². The minimum absolute atomic E-state index is 0.428. The Hall–Kier alpha value is 0.925. The summed E-state index contributed by atoms with van der Waals surface area (Å²) in [5.41, 5.74) is 0. The Morgan fingerprint density at radius 3 is 2.91 bits per heavy atom. The second kappa shape index (κ2) is 9.02. The Balaban J connectivity index is 3.41. The number of allylic oxidation sites excluding steroid dienone is 1. The Morgan fingerprint density at radius 2 is 2.45 bits per heavy atom. The second-order valence-electron chi connectivity index (χ2n) is 2.42. The van der Waals surface area contributed by atoms with E-state index >= 15 is 0 Å². The molecule has 0 saturated heterocycles. The van der Waals surface area contributed by atoms with E-state index in [1.807, 2.05) is 13.0 Å². The number of hydrogen-bond donors (Lipinski definition) is 0. The van der Waals surface area contributed by atoms with Crippen molar-refractivity contribution in [3.8, 4) is 0 Å². The van der Waals surface area contributed by atoms with Gasteiger partial charge in [0.25, 0.3) is 0 Å². The van der Waals surface area contributed by atoms with Crippen molar-refractivity contribution in [1.29, 1.82) is 0 Å². The molecule has 1 nitrogen and oxygen atoms in total. The van der Waals surface area contributed by atoms with Gasteiger partial charge in [0.1, 0.15) is 0 Å². The first-order valence-corrected chi connectivity index (χ1v) is 14.8.